The van der Waals surface area contributed by atoms with Gasteiger partial charge in [0.15, 0.2) is 0 Å². The van der Waals surface area contributed by atoms with Gasteiger partial charge in [-0.1, -0.05) is 0 Å². The van der Waals surface area contributed by atoms with Gasteiger partial charge in [0.1, 0.15) is 17.7 Å². The number of aromatic nitrogens is 2. The van der Waals surface area contributed by atoms with Crippen LogP contribution in [0.5, 0.6) is 0 Å². The van der Waals surface area contributed by atoms with Gasteiger partial charge >= 0.3 is 0 Å². The Kier molecular flexibility index (Phi) is 5.22. The minimum Gasteiger partial charge on any atom is -0.324 e. The number of nitrogens with zero attached hydrogens (tertiary/aromatic N) is 3. The Bertz CT molecular complexity index is 825. The van der Waals surface area contributed by atoms with Crippen molar-refractivity contribution in [2.45, 2.75) is 19.9 Å². The van der Waals surface area contributed by atoms with E-state index in [2.05, 4.69) is 20.6 Å². The van der Waals surface area contributed by atoms with Crippen molar-refractivity contribution < 1.29 is 14.0 Å². The number of rotatable bonds is 3. The van der Waals surface area contributed by atoms with Crippen molar-refractivity contribution in [2.75, 3.05) is 25.0 Å². The third-order valence-corrected chi connectivity index (χ3v) is 4.25. The smallest absolute Gasteiger partial charge is 0.258 e. The van der Waals surface area contributed by atoms with E-state index >= 15 is 0 Å². The van der Waals surface area contributed by atoms with Crippen LogP contribution >= 0.6 is 0 Å². The molecule has 2 heterocycles. The first-order chi connectivity index (χ1) is 12.5. The van der Waals surface area contributed by atoms with Crippen LogP contribution in [-0.2, 0) is 4.79 Å². The van der Waals surface area contributed by atoms with Crippen LogP contribution in [0.15, 0.2) is 30.5 Å². The summed E-state index contributed by atoms with van der Waals surface area (Å²) in [5.74, 6) is -0.398. The molecule has 1 aliphatic rings. The fourth-order valence-corrected chi connectivity index (χ4v) is 2.89. The molecule has 1 atom stereocenters. The number of carbonyl (C=O) groups is 2. The molecule has 0 saturated carbocycles. The molecule has 1 saturated heterocycles. The molecule has 0 radical (unpaired) electrons. The van der Waals surface area contributed by atoms with Crippen molar-refractivity contribution in [1.82, 2.24) is 20.2 Å². The van der Waals surface area contributed by atoms with Crippen molar-refractivity contribution in [3.05, 3.63) is 53.4 Å². The van der Waals surface area contributed by atoms with Crippen LogP contribution in [0.3, 0.4) is 0 Å². The molecule has 2 amide bonds. The second-order valence-corrected chi connectivity index (χ2v) is 6.13. The minimum absolute atomic E-state index is 0.275. The number of nitrogens with one attached hydrogen (secondary N) is 2. The molecule has 7 nitrogen and oxygen atoms in total. The topological polar surface area (TPSA) is 87.2 Å². The summed E-state index contributed by atoms with van der Waals surface area (Å²) in [7, 11) is 0. The lowest BCUT2D eigenvalue weighted by Gasteiger charge is -2.35. The Labute approximate surface area is 150 Å². The first-order valence-corrected chi connectivity index (χ1v) is 8.34. The molecule has 1 aliphatic heterocycles. The van der Waals surface area contributed by atoms with Crippen molar-refractivity contribution >= 4 is 17.5 Å². The zero-order chi connectivity index (χ0) is 18.7. The van der Waals surface area contributed by atoms with E-state index in [1.54, 1.807) is 13.8 Å². The minimum atomic E-state index is -0.679. The summed E-state index contributed by atoms with van der Waals surface area (Å²) in [5, 5.41) is 5.85. The van der Waals surface area contributed by atoms with Crippen LogP contribution < -0.4 is 10.6 Å². The molecule has 2 aromatic rings. The number of halogens is 1. The van der Waals surface area contributed by atoms with Crippen LogP contribution in [0.1, 0.15) is 21.9 Å². The molecule has 136 valence electrons. The van der Waals surface area contributed by atoms with Gasteiger partial charge in [-0.15, -0.1) is 0 Å². The first kappa shape index (κ1) is 17.9. The molecule has 26 heavy (non-hydrogen) atoms. The third-order valence-electron chi connectivity index (χ3n) is 4.25. The molecular formula is C18H20FN5O2. The van der Waals surface area contributed by atoms with Crippen LogP contribution in [0.4, 0.5) is 10.1 Å². The lowest BCUT2D eigenvalue weighted by Crippen LogP contribution is -2.58. The Hall–Kier alpha value is -2.87. The fraction of sp³-hybridized carbons (Fsp3) is 0.333. The van der Waals surface area contributed by atoms with Crippen LogP contribution in [0.25, 0.3) is 0 Å². The van der Waals surface area contributed by atoms with Crippen LogP contribution in [0, 0.1) is 19.7 Å². The van der Waals surface area contributed by atoms with Crippen molar-refractivity contribution in [1.29, 1.82) is 0 Å². The average Bonchev–Trinajstić information content (AvgIpc) is 2.63. The number of carbonyl (C=O) groups excluding carboxylic acids is 2. The fourth-order valence-electron chi connectivity index (χ4n) is 2.89. The van der Waals surface area contributed by atoms with Gasteiger partial charge in [-0.3, -0.25) is 9.59 Å². The van der Waals surface area contributed by atoms with Gasteiger partial charge < -0.3 is 15.5 Å². The highest BCUT2D eigenvalue weighted by molar-refractivity contribution is 6.01. The second kappa shape index (κ2) is 7.57. The number of hydrogen-bond acceptors (Lipinski definition) is 5. The Morgan fingerprint density at radius 1 is 1.27 bits per heavy atom. The molecule has 0 spiro atoms. The summed E-state index contributed by atoms with van der Waals surface area (Å²) in [4.78, 5) is 35.4. The van der Waals surface area contributed by atoms with E-state index in [-0.39, 0.29) is 17.6 Å². The van der Waals surface area contributed by atoms with Crippen LogP contribution in [-0.4, -0.2) is 52.4 Å². The van der Waals surface area contributed by atoms with E-state index in [0.717, 1.165) is 0 Å². The van der Waals surface area contributed by atoms with Crippen molar-refractivity contribution in [2.24, 2.45) is 0 Å². The number of piperazine rings is 1. The summed E-state index contributed by atoms with van der Waals surface area (Å²) >= 11 is 0. The molecule has 1 unspecified atom stereocenters. The number of amides is 2. The highest BCUT2D eigenvalue weighted by atomic mass is 19.1. The summed E-state index contributed by atoms with van der Waals surface area (Å²) in [6.45, 7) is 4.83. The van der Waals surface area contributed by atoms with Crippen molar-refractivity contribution in [3.63, 3.8) is 0 Å². The molecule has 3 rings (SSSR count). The monoisotopic (exact) mass is 357 g/mol. The number of anilines is 1. The van der Waals surface area contributed by atoms with Crippen molar-refractivity contribution in [3.8, 4) is 0 Å². The lowest BCUT2D eigenvalue weighted by molar-refractivity contribution is -0.121. The standard InChI is InChI=1S/C18H20FN5O2/c1-11-15(9-21-12(2)22-11)18(26)24-8-7-20-10-16(24)17(25)23-14-5-3-13(19)4-6-14/h3-6,9,16,20H,7-8,10H2,1-2H3,(H,23,25). The molecule has 8 heteroatoms. The molecule has 2 N–H and O–H groups in total. The average molecular weight is 357 g/mol. The van der Waals surface area contributed by atoms with E-state index in [0.29, 0.717) is 42.4 Å². The Morgan fingerprint density at radius 3 is 2.69 bits per heavy atom. The van der Waals surface area contributed by atoms with Gasteiger partial charge in [-0.2, -0.15) is 0 Å². The maximum atomic E-state index is 13.0. The van der Waals surface area contributed by atoms with Gasteiger partial charge in [0.25, 0.3) is 5.91 Å². The summed E-state index contributed by atoms with van der Waals surface area (Å²) in [6, 6.07) is 4.82. The highest BCUT2D eigenvalue weighted by Crippen LogP contribution is 2.15. The number of benzene rings is 1. The number of hydrogen-bond donors (Lipinski definition) is 2. The van der Waals surface area contributed by atoms with Gasteiger partial charge in [0.05, 0.1) is 11.3 Å². The SMILES string of the molecule is Cc1ncc(C(=O)N2CCNCC2C(=O)Nc2ccc(F)cc2)c(C)n1. The number of aryl methyl sites for hydroxylation is 2. The zero-order valence-corrected chi connectivity index (χ0v) is 14.6. The van der Waals surface area contributed by atoms with Gasteiger partial charge in [0, 0.05) is 31.5 Å². The lowest BCUT2D eigenvalue weighted by atomic mass is 10.1. The molecule has 0 bridgehead atoms. The largest absolute Gasteiger partial charge is 0.324 e. The van der Waals surface area contributed by atoms with Crippen LogP contribution in [0.2, 0.25) is 0 Å². The van der Waals surface area contributed by atoms with Gasteiger partial charge in [0.2, 0.25) is 5.91 Å². The van der Waals surface area contributed by atoms with E-state index in [4.69, 9.17) is 0 Å². The van der Waals surface area contributed by atoms with Gasteiger partial charge in [-0.25, -0.2) is 14.4 Å². The highest BCUT2D eigenvalue weighted by Gasteiger charge is 2.33. The van der Waals surface area contributed by atoms with E-state index in [1.165, 1.54) is 35.4 Å². The van der Waals surface area contributed by atoms with E-state index < -0.39 is 6.04 Å². The molecule has 1 aromatic carbocycles. The summed E-state index contributed by atoms with van der Waals surface area (Å²) in [5.41, 5.74) is 1.44. The maximum Gasteiger partial charge on any atom is 0.258 e. The maximum absolute atomic E-state index is 13.0. The third kappa shape index (κ3) is 3.85. The molecule has 1 aromatic heterocycles. The predicted octanol–water partition coefficient (Wildman–Crippen LogP) is 1.29. The van der Waals surface area contributed by atoms with Gasteiger partial charge in [-0.05, 0) is 38.1 Å². The Balaban J connectivity index is 1.79. The van der Waals surface area contributed by atoms with E-state index in [1.807, 2.05) is 0 Å². The summed E-state index contributed by atoms with van der Waals surface area (Å²) < 4.78 is 13.0. The first-order valence-electron chi connectivity index (χ1n) is 8.34. The predicted molar refractivity (Wildman–Crippen MR) is 94.2 cm³/mol. The second-order valence-electron chi connectivity index (χ2n) is 6.13. The summed E-state index contributed by atoms with van der Waals surface area (Å²) in [6.07, 6.45) is 1.50. The molecular weight excluding hydrogens is 337 g/mol. The molecule has 0 aliphatic carbocycles. The normalized spacial score (nSPS) is 17.0. The van der Waals surface area contributed by atoms with E-state index in [9.17, 15) is 14.0 Å². The quantitative estimate of drug-likeness (QED) is 0.864. The zero-order valence-electron chi connectivity index (χ0n) is 14.6. The molecule has 1 fully saturated rings. The Morgan fingerprint density at radius 2 is 2.00 bits per heavy atom.